The van der Waals surface area contributed by atoms with Gasteiger partial charge in [0.15, 0.2) is 0 Å². The van der Waals surface area contributed by atoms with Crippen LogP contribution in [0.3, 0.4) is 0 Å². The predicted molar refractivity (Wildman–Crippen MR) is 84.2 cm³/mol. The van der Waals surface area contributed by atoms with Gasteiger partial charge in [-0.05, 0) is 36.1 Å². The van der Waals surface area contributed by atoms with Crippen LogP contribution in [0.15, 0.2) is 48.5 Å². The van der Waals surface area contributed by atoms with Crippen molar-refractivity contribution in [2.45, 2.75) is 39.5 Å². The minimum atomic E-state index is 0.322. The van der Waals surface area contributed by atoms with Crippen LogP contribution < -0.4 is 0 Å². The summed E-state index contributed by atoms with van der Waals surface area (Å²) in [4.78, 5) is 0. The Bertz CT molecular complexity index is 468. The molecule has 0 aromatic heterocycles. The van der Waals surface area contributed by atoms with Gasteiger partial charge in [0.2, 0.25) is 0 Å². The number of hydrogen-bond donors (Lipinski definition) is 2. The monoisotopic (exact) mass is 272 g/mol. The van der Waals surface area contributed by atoms with Crippen molar-refractivity contribution < 1.29 is 10.2 Å². The summed E-state index contributed by atoms with van der Waals surface area (Å²) in [6, 6.07) is 14.8. The summed E-state index contributed by atoms with van der Waals surface area (Å²) in [5.41, 5.74) is 2.18. The summed E-state index contributed by atoms with van der Waals surface area (Å²) in [6.45, 7) is 4.26. The maximum Gasteiger partial charge on any atom is 0.121 e. The van der Waals surface area contributed by atoms with E-state index in [0.29, 0.717) is 11.5 Å². The maximum atomic E-state index is 9.85. The second-order valence-electron chi connectivity index (χ2n) is 4.76. The number of aryl methyl sites for hydroxylation is 2. The van der Waals surface area contributed by atoms with Crippen LogP contribution >= 0.6 is 0 Å². The summed E-state index contributed by atoms with van der Waals surface area (Å²) in [5.74, 6) is 0.841. The molecule has 0 saturated heterocycles. The largest absolute Gasteiger partial charge is 0.508 e. The Kier molecular flexibility index (Phi) is 7.26. The number of phenolic OH excluding ortho intramolecular Hbond substituents is 2. The maximum absolute atomic E-state index is 9.85. The van der Waals surface area contributed by atoms with Crippen molar-refractivity contribution in [3.63, 3.8) is 0 Å². The van der Waals surface area contributed by atoms with Crippen molar-refractivity contribution in [2.75, 3.05) is 0 Å². The van der Waals surface area contributed by atoms with Crippen LogP contribution in [0, 0.1) is 0 Å². The zero-order valence-electron chi connectivity index (χ0n) is 12.3. The Morgan fingerprint density at radius 3 is 1.55 bits per heavy atom. The van der Waals surface area contributed by atoms with Crippen LogP contribution in [0.2, 0.25) is 0 Å². The van der Waals surface area contributed by atoms with Crippen LogP contribution in [0.1, 0.15) is 37.8 Å². The lowest BCUT2D eigenvalue weighted by Crippen LogP contribution is -1.90. The van der Waals surface area contributed by atoms with E-state index in [-0.39, 0.29) is 0 Å². The van der Waals surface area contributed by atoms with Gasteiger partial charge in [-0.2, -0.15) is 0 Å². The minimum Gasteiger partial charge on any atom is -0.508 e. The van der Waals surface area contributed by atoms with Crippen molar-refractivity contribution in [3.05, 3.63) is 59.7 Å². The summed E-state index contributed by atoms with van der Waals surface area (Å²) < 4.78 is 0. The highest BCUT2D eigenvalue weighted by atomic mass is 16.3. The molecule has 0 heterocycles. The number of phenols is 2. The fraction of sp³-hybridized carbons (Fsp3) is 0.333. The molecule has 108 valence electrons. The highest BCUT2D eigenvalue weighted by Crippen LogP contribution is 2.24. The molecule has 2 heteroatoms. The zero-order valence-corrected chi connectivity index (χ0v) is 12.3. The quantitative estimate of drug-likeness (QED) is 0.847. The molecule has 2 nitrogen and oxygen atoms in total. The number of para-hydroxylation sites is 2. The lowest BCUT2D eigenvalue weighted by atomic mass is 10.0. The normalized spacial score (nSPS) is 9.70. The molecule has 0 spiro atoms. The molecule has 2 N–H and O–H groups in total. The van der Waals surface area contributed by atoms with Crippen LogP contribution in [0.4, 0.5) is 0 Å². The molecule has 0 atom stereocenters. The SMILES string of the molecule is CCCc1cccc(CCC)c1O.Oc1ccccc1. The van der Waals surface area contributed by atoms with Gasteiger partial charge in [0.25, 0.3) is 0 Å². The van der Waals surface area contributed by atoms with Gasteiger partial charge in [-0.1, -0.05) is 63.1 Å². The van der Waals surface area contributed by atoms with Crippen molar-refractivity contribution in [3.8, 4) is 11.5 Å². The molecule has 2 aromatic rings. The van der Waals surface area contributed by atoms with E-state index < -0.39 is 0 Å². The standard InChI is InChI=1S/C12H18O.C6H6O/c1-3-6-10-8-5-9-11(7-4-2)12(10)13;7-6-4-2-1-3-5-6/h5,8-9,13H,3-4,6-7H2,1-2H3;1-5,7H. The first-order valence-corrected chi connectivity index (χ1v) is 7.22. The minimum absolute atomic E-state index is 0.322. The third kappa shape index (κ3) is 5.35. The van der Waals surface area contributed by atoms with Gasteiger partial charge in [-0.3, -0.25) is 0 Å². The van der Waals surface area contributed by atoms with E-state index in [9.17, 15) is 5.11 Å². The smallest absolute Gasteiger partial charge is 0.121 e. The van der Waals surface area contributed by atoms with Crippen molar-refractivity contribution >= 4 is 0 Å². The predicted octanol–water partition coefficient (Wildman–Crippen LogP) is 4.69. The summed E-state index contributed by atoms with van der Waals surface area (Å²) in [7, 11) is 0. The molecule has 0 radical (unpaired) electrons. The van der Waals surface area contributed by atoms with Crippen LogP contribution in [-0.2, 0) is 12.8 Å². The topological polar surface area (TPSA) is 40.5 Å². The molecule has 0 amide bonds. The molecule has 0 saturated carbocycles. The fourth-order valence-corrected chi connectivity index (χ4v) is 2.01. The molecular weight excluding hydrogens is 248 g/mol. The van der Waals surface area contributed by atoms with Gasteiger partial charge in [-0.15, -0.1) is 0 Å². The number of aromatic hydroxyl groups is 2. The molecule has 0 aliphatic heterocycles. The second kappa shape index (κ2) is 9.03. The highest BCUT2D eigenvalue weighted by molar-refractivity contribution is 5.40. The third-order valence-electron chi connectivity index (χ3n) is 3.00. The lowest BCUT2D eigenvalue weighted by Gasteiger charge is -2.07. The van der Waals surface area contributed by atoms with Crippen LogP contribution in [0.25, 0.3) is 0 Å². The van der Waals surface area contributed by atoms with Gasteiger partial charge in [-0.25, -0.2) is 0 Å². The fourth-order valence-electron chi connectivity index (χ4n) is 2.01. The molecule has 0 aliphatic rings. The van der Waals surface area contributed by atoms with Gasteiger partial charge >= 0.3 is 0 Å². The van der Waals surface area contributed by atoms with Gasteiger partial charge < -0.3 is 10.2 Å². The Labute approximate surface area is 121 Å². The molecule has 20 heavy (non-hydrogen) atoms. The molecule has 0 aliphatic carbocycles. The first kappa shape index (κ1) is 16.1. The summed E-state index contributed by atoms with van der Waals surface area (Å²) in [6.07, 6.45) is 4.12. The summed E-state index contributed by atoms with van der Waals surface area (Å²) >= 11 is 0. The van der Waals surface area contributed by atoms with Gasteiger partial charge in [0, 0.05) is 0 Å². The Balaban J connectivity index is 0.000000240. The van der Waals surface area contributed by atoms with Gasteiger partial charge in [0.1, 0.15) is 11.5 Å². The average Bonchev–Trinajstić information content (AvgIpc) is 2.45. The number of benzene rings is 2. The van der Waals surface area contributed by atoms with Crippen LogP contribution in [-0.4, -0.2) is 10.2 Å². The zero-order chi connectivity index (χ0) is 14.8. The van der Waals surface area contributed by atoms with Crippen molar-refractivity contribution in [1.29, 1.82) is 0 Å². The Morgan fingerprint density at radius 2 is 1.20 bits per heavy atom. The number of rotatable bonds is 4. The highest BCUT2D eigenvalue weighted by Gasteiger charge is 2.04. The van der Waals surface area contributed by atoms with E-state index in [4.69, 9.17) is 5.11 Å². The molecule has 2 rings (SSSR count). The molecule has 0 bridgehead atoms. The molecular formula is C18H24O2. The van der Waals surface area contributed by atoms with E-state index >= 15 is 0 Å². The van der Waals surface area contributed by atoms with Crippen molar-refractivity contribution in [1.82, 2.24) is 0 Å². The Hall–Kier alpha value is -1.96. The number of hydrogen-bond acceptors (Lipinski definition) is 2. The van der Waals surface area contributed by atoms with E-state index in [0.717, 1.165) is 36.8 Å². The average molecular weight is 272 g/mol. The van der Waals surface area contributed by atoms with E-state index in [2.05, 4.69) is 13.8 Å². The molecule has 0 unspecified atom stereocenters. The van der Waals surface area contributed by atoms with E-state index in [1.165, 1.54) is 0 Å². The second-order valence-corrected chi connectivity index (χ2v) is 4.76. The summed E-state index contributed by atoms with van der Waals surface area (Å²) in [5, 5.41) is 18.5. The Morgan fingerprint density at radius 1 is 0.700 bits per heavy atom. The third-order valence-corrected chi connectivity index (χ3v) is 3.00. The molecule has 2 aromatic carbocycles. The van der Waals surface area contributed by atoms with E-state index in [1.54, 1.807) is 24.3 Å². The first-order chi connectivity index (χ1) is 9.69. The van der Waals surface area contributed by atoms with E-state index in [1.807, 2.05) is 24.3 Å². The first-order valence-electron chi connectivity index (χ1n) is 7.22. The lowest BCUT2D eigenvalue weighted by molar-refractivity contribution is 0.460. The van der Waals surface area contributed by atoms with Gasteiger partial charge in [0.05, 0.1) is 0 Å². The van der Waals surface area contributed by atoms with Crippen molar-refractivity contribution in [2.24, 2.45) is 0 Å². The van der Waals surface area contributed by atoms with Crippen LogP contribution in [0.5, 0.6) is 11.5 Å². The molecule has 0 fully saturated rings.